The molecule has 2 aromatic heterocycles. The van der Waals surface area contributed by atoms with Gasteiger partial charge in [0.1, 0.15) is 17.3 Å². The zero-order chi connectivity index (χ0) is 57.3. The minimum absolute atomic E-state index is 0.0544. The van der Waals surface area contributed by atoms with E-state index in [1.807, 2.05) is 6.20 Å². The Kier molecular flexibility index (Phi) is 12.2. The second-order valence-electron chi connectivity index (χ2n) is 27.1. The van der Waals surface area contributed by atoms with Gasteiger partial charge in [0.15, 0.2) is 0 Å². The van der Waals surface area contributed by atoms with Gasteiger partial charge in [-0.2, -0.15) is 0 Å². The van der Waals surface area contributed by atoms with Crippen LogP contribution in [0.3, 0.4) is 0 Å². The topological polar surface area (TPSA) is 42.3 Å². The van der Waals surface area contributed by atoms with Crippen molar-refractivity contribution in [2.75, 3.05) is 17.3 Å². The first kappa shape index (κ1) is 52.7. The summed E-state index contributed by atoms with van der Waals surface area (Å²) in [6.07, 6.45) is 1.96. The number of hydrogen-bond donors (Lipinski definition) is 1. The second kappa shape index (κ2) is 19.0. The molecule has 11 aromatic rings. The number of ether oxygens (including phenoxy) is 1. The Bertz CT molecular complexity index is 4260. The molecule has 1 N–H and O–H groups in total. The number of hydrogen-bond acceptors (Lipinski definition) is 4. The van der Waals surface area contributed by atoms with Crippen molar-refractivity contribution in [3.05, 3.63) is 251 Å². The van der Waals surface area contributed by atoms with Gasteiger partial charge in [-0.3, -0.25) is 4.57 Å². The highest BCUT2D eigenvalue weighted by Crippen LogP contribution is 2.64. The fraction of sp³-hybridized carbons (Fsp3) is 0.234. The summed E-state index contributed by atoms with van der Waals surface area (Å²) in [5.74, 6) is 2.39. The van der Waals surface area contributed by atoms with Crippen LogP contribution in [0.5, 0.6) is 11.5 Å². The Labute approximate surface area is 485 Å². The van der Waals surface area contributed by atoms with Crippen LogP contribution < -0.4 is 15.0 Å². The summed E-state index contributed by atoms with van der Waals surface area (Å²) < 4.78 is 9.60. The maximum absolute atomic E-state index is 7.23. The summed E-state index contributed by atoms with van der Waals surface area (Å²) in [4.78, 5) is 7.50. The molecule has 0 aliphatic heterocycles. The summed E-state index contributed by atoms with van der Waals surface area (Å²) in [6, 6.07) is 74.0. The van der Waals surface area contributed by atoms with E-state index < -0.39 is 5.41 Å². The Morgan fingerprint density at radius 1 is 0.427 bits per heavy atom. The molecule has 9 aromatic carbocycles. The van der Waals surface area contributed by atoms with E-state index in [4.69, 9.17) is 9.72 Å². The van der Waals surface area contributed by atoms with Crippen molar-refractivity contribution in [1.82, 2.24) is 9.55 Å². The normalized spacial score (nSPS) is 13.5. The van der Waals surface area contributed by atoms with Crippen molar-refractivity contribution >= 4 is 44.6 Å². The Morgan fingerprint density at radius 2 is 0.988 bits per heavy atom. The summed E-state index contributed by atoms with van der Waals surface area (Å²) in [7, 11) is 2.23. The quantitative estimate of drug-likeness (QED) is 0.156. The molecule has 5 heteroatoms. The van der Waals surface area contributed by atoms with Gasteiger partial charge in [0.2, 0.25) is 0 Å². The van der Waals surface area contributed by atoms with Gasteiger partial charge in [0, 0.05) is 53.0 Å². The molecule has 0 saturated carbocycles. The van der Waals surface area contributed by atoms with Gasteiger partial charge in [-0.05, 0) is 149 Å². The molecule has 2 aliphatic rings. The third-order valence-corrected chi connectivity index (χ3v) is 17.5. The van der Waals surface area contributed by atoms with E-state index in [0.717, 1.165) is 51.1 Å². The lowest BCUT2D eigenvalue weighted by Gasteiger charge is -2.32. The minimum atomic E-state index is -0.536. The van der Waals surface area contributed by atoms with Crippen LogP contribution in [0.15, 0.2) is 206 Å². The zero-order valence-corrected chi connectivity index (χ0v) is 49.9. The lowest BCUT2D eigenvalue weighted by Crippen LogP contribution is -2.26. The highest BCUT2D eigenvalue weighted by molar-refractivity contribution is 6.19. The molecular formula is C77H74N4O. The van der Waals surface area contributed by atoms with Gasteiger partial charge in [0.05, 0.1) is 33.5 Å². The first-order chi connectivity index (χ1) is 39.1. The van der Waals surface area contributed by atoms with Gasteiger partial charge < -0.3 is 15.0 Å². The van der Waals surface area contributed by atoms with Crippen LogP contribution in [0.25, 0.3) is 61.0 Å². The van der Waals surface area contributed by atoms with Crippen LogP contribution in [0.2, 0.25) is 0 Å². The first-order valence-electron chi connectivity index (χ1n) is 29.2. The summed E-state index contributed by atoms with van der Waals surface area (Å²) in [5.41, 5.74) is 23.1. The van der Waals surface area contributed by atoms with Gasteiger partial charge in [0.25, 0.3) is 0 Å². The van der Waals surface area contributed by atoms with Crippen LogP contribution in [-0.4, -0.2) is 16.6 Å². The zero-order valence-electron chi connectivity index (χ0n) is 49.9. The molecule has 1 spiro atoms. The predicted octanol–water partition coefficient (Wildman–Crippen LogP) is 20.7. The monoisotopic (exact) mass is 1070 g/mol. The van der Waals surface area contributed by atoms with E-state index in [1.165, 1.54) is 88.7 Å². The van der Waals surface area contributed by atoms with Crippen molar-refractivity contribution in [3.8, 4) is 50.7 Å². The average Bonchev–Trinajstić information content (AvgIpc) is 2.21. The van der Waals surface area contributed by atoms with Gasteiger partial charge in [-0.25, -0.2) is 4.98 Å². The van der Waals surface area contributed by atoms with Crippen molar-refractivity contribution in [3.63, 3.8) is 0 Å². The van der Waals surface area contributed by atoms with Crippen molar-refractivity contribution < 1.29 is 4.74 Å². The molecule has 82 heavy (non-hydrogen) atoms. The second-order valence-corrected chi connectivity index (χ2v) is 27.1. The number of fused-ring (bicyclic) bond motifs is 7. The number of pyridine rings is 1. The SMILES string of the molecule is CN(c1ccccc1Nc1cccc(Oc2cc3c4c5c(cccc5n(-c5cc(C(C)(C)C)ccn5)c4c2)C32c3ccccc3-c3ccccc32)c1)c1c(-c2ccccc2)cc(C(C)(C)C)cc1-c1cc(C(C)(C)C)cc(C(C)(C)C)c1. The van der Waals surface area contributed by atoms with E-state index in [-0.39, 0.29) is 21.7 Å². The van der Waals surface area contributed by atoms with E-state index in [2.05, 4.69) is 305 Å². The minimum Gasteiger partial charge on any atom is -0.457 e. The smallest absolute Gasteiger partial charge is 0.137 e. The third kappa shape index (κ3) is 8.62. The number of nitrogens with one attached hydrogen (secondary N) is 1. The number of para-hydroxylation sites is 2. The average molecular weight is 1070 g/mol. The molecule has 0 unspecified atom stereocenters. The molecule has 2 aliphatic carbocycles. The number of anilines is 4. The number of nitrogens with zero attached hydrogens (tertiary/aromatic N) is 3. The van der Waals surface area contributed by atoms with E-state index in [0.29, 0.717) is 0 Å². The van der Waals surface area contributed by atoms with Crippen LogP contribution in [0, 0.1) is 0 Å². The molecule has 0 radical (unpaired) electrons. The number of rotatable bonds is 9. The molecule has 0 amide bonds. The number of benzene rings is 9. The standard InChI is InChI=1S/C77H74N4O/c1-73(2,3)50-37-38-78-69(44-50)81-67-36-24-33-63-70(67)71-64(77(63)61-31-19-17-29-57(61)58-30-18-20-32-62(58)77)46-56(47-68(71)81)82-55-28-23-27-54(45-55)79-65-34-21-22-35-66(65)80(13)72-59(48-25-15-14-16-26-48)42-53(76(10,11)12)43-60(72)49-39-51(74(4,5)6)41-52(40-49)75(7,8)9/h14-47,79H,1-13H3. The lowest BCUT2D eigenvalue weighted by atomic mass is 9.70. The van der Waals surface area contributed by atoms with Crippen molar-refractivity contribution in [1.29, 1.82) is 0 Å². The van der Waals surface area contributed by atoms with E-state index in [1.54, 1.807) is 0 Å². The highest BCUT2D eigenvalue weighted by Gasteiger charge is 2.52. The Balaban J connectivity index is 0.940. The first-order valence-corrected chi connectivity index (χ1v) is 29.2. The molecule has 0 atom stereocenters. The summed E-state index contributed by atoms with van der Waals surface area (Å²) in [6.45, 7) is 27.7. The van der Waals surface area contributed by atoms with E-state index in [9.17, 15) is 0 Å². The fourth-order valence-electron chi connectivity index (χ4n) is 13.1. The van der Waals surface area contributed by atoms with Gasteiger partial charge >= 0.3 is 0 Å². The number of aromatic nitrogens is 2. The maximum atomic E-state index is 7.23. The maximum Gasteiger partial charge on any atom is 0.137 e. The van der Waals surface area contributed by atoms with Crippen LogP contribution in [-0.2, 0) is 27.1 Å². The van der Waals surface area contributed by atoms with Crippen LogP contribution in [0.4, 0.5) is 22.7 Å². The summed E-state index contributed by atoms with van der Waals surface area (Å²) in [5, 5.41) is 6.42. The van der Waals surface area contributed by atoms with Crippen LogP contribution in [0.1, 0.15) is 128 Å². The molecular weight excluding hydrogens is 997 g/mol. The molecule has 13 rings (SSSR count). The largest absolute Gasteiger partial charge is 0.457 e. The highest BCUT2D eigenvalue weighted by atomic mass is 16.5. The summed E-state index contributed by atoms with van der Waals surface area (Å²) >= 11 is 0. The Morgan fingerprint density at radius 3 is 1.65 bits per heavy atom. The van der Waals surface area contributed by atoms with E-state index >= 15 is 0 Å². The molecule has 0 bridgehead atoms. The molecule has 408 valence electrons. The van der Waals surface area contributed by atoms with Crippen LogP contribution >= 0.6 is 0 Å². The fourth-order valence-corrected chi connectivity index (χ4v) is 13.1. The molecule has 2 heterocycles. The predicted molar refractivity (Wildman–Crippen MR) is 346 cm³/mol. The lowest BCUT2D eigenvalue weighted by molar-refractivity contribution is 0.482. The van der Waals surface area contributed by atoms with Crippen molar-refractivity contribution in [2.24, 2.45) is 0 Å². The van der Waals surface area contributed by atoms with Crippen molar-refractivity contribution in [2.45, 2.75) is 110 Å². The molecule has 0 fully saturated rings. The van der Waals surface area contributed by atoms with Gasteiger partial charge in [-0.1, -0.05) is 210 Å². The third-order valence-electron chi connectivity index (χ3n) is 17.5. The Hall–Kier alpha value is -8.67. The molecule has 5 nitrogen and oxygen atoms in total. The van der Waals surface area contributed by atoms with Gasteiger partial charge in [-0.15, -0.1) is 0 Å². The molecule has 0 saturated heterocycles.